The Labute approximate surface area is 162 Å². The van der Waals surface area contributed by atoms with Gasteiger partial charge in [0.25, 0.3) is 0 Å². The lowest BCUT2D eigenvalue weighted by molar-refractivity contribution is -0.146. The fraction of sp³-hybridized carbons (Fsp3) is 0.412. The number of aliphatic imine (C=N–C) groups is 1. The van der Waals surface area contributed by atoms with Crippen LogP contribution in [0.3, 0.4) is 0 Å². The van der Waals surface area contributed by atoms with Crippen LogP contribution >= 0.6 is 15.9 Å². The van der Waals surface area contributed by atoms with E-state index in [1.165, 1.54) is 13.0 Å². The predicted octanol–water partition coefficient (Wildman–Crippen LogP) is 2.90. The molecule has 2 rings (SSSR count). The van der Waals surface area contributed by atoms with Crippen LogP contribution in [0.15, 0.2) is 23.2 Å². The number of rotatable bonds is 6. The number of halogens is 3. The van der Waals surface area contributed by atoms with E-state index in [1.54, 1.807) is 0 Å². The number of amides is 3. The van der Waals surface area contributed by atoms with Crippen molar-refractivity contribution in [2.75, 3.05) is 12.4 Å². The van der Waals surface area contributed by atoms with Gasteiger partial charge in [-0.1, -0.05) is 22.0 Å². The highest BCUT2D eigenvalue weighted by Crippen LogP contribution is 2.34. The molecule has 0 saturated carbocycles. The number of nitrogens with zero attached hydrogens (tertiary/aromatic N) is 2. The number of methoxy groups -OCH3 is 1. The smallest absolute Gasteiger partial charge is 0.362 e. The number of ether oxygens (including phenoxy) is 1. The molecule has 1 aromatic carbocycles. The van der Waals surface area contributed by atoms with E-state index in [-0.39, 0.29) is 17.7 Å². The second-order valence-electron chi connectivity index (χ2n) is 5.85. The summed E-state index contributed by atoms with van der Waals surface area (Å²) in [6, 6.07) is 1.04. The van der Waals surface area contributed by atoms with Crippen molar-refractivity contribution in [3.63, 3.8) is 0 Å². The molecule has 1 aliphatic heterocycles. The van der Waals surface area contributed by atoms with Crippen molar-refractivity contribution in [1.82, 2.24) is 10.4 Å². The third-order valence-electron chi connectivity index (χ3n) is 4.04. The van der Waals surface area contributed by atoms with Gasteiger partial charge in [-0.25, -0.2) is 23.6 Å². The number of nitrogens with one attached hydrogen (secondary N) is 1. The standard InChI is InChI=1S/C17H18BrF2N3O4/c1-9-14(16(25)27-2)15(10-5-6-11(19)12(20)8-10)23(17(26)21-9)22-13(24)4-3-7-18/h5-6,8,14-15H,3-4,7H2,1-2H3,(H,22,24). The van der Waals surface area contributed by atoms with Gasteiger partial charge in [-0.2, -0.15) is 0 Å². The number of urea groups is 1. The lowest BCUT2D eigenvalue weighted by atomic mass is 9.87. The summed E-state index contributed by atoms with van der Waals surface area (Å²) in [4.78, 5) is 40.6. The van der Waals surface area contributed by atoms with E-state index >= 15 is 0 Å². The molecule has 146 valence electrons. The molecule has 0 bridgehead atoms. The van der Waals surface area contributed by atoms with Crippen LogP contribution < -0.4 is 5.43 Å². The highest BCUT2D eigenvalue weighted by atomic mass is 79.9. The van der Waals surface area contributed by atoms with Gasteiger partial charge in [0.15, 0.2) is 11.6 Å². The van der Waals surface area contributed by atoms with Gasteiger partial charge in [-0.15, -0.1) is 0 Å². The number of carbonyl (C=O) groups is 3. The fourth-order valence-electron chi connectivity index (χ4n) is 2.77. The first-order chi connectivity index (χ1) is 12.8. The zero-order valence-electron chi connectivity index (χ0n) is 14.7. The average Bonchev–Trinajstić information content (AvgIpc) is 2.63. The number of hydrazine groups is 1. The van der Waals surface area contributed by atoms with Gasteiger partial charge in [0.2, 0.25) is 5.91 Å². The normalized spacial score (nSPS) is 19.5. The van der Waals surface area contributed by atoms with Gasteiger partial charge < -0.3 is 4.74 Å². The monoisotopic (exact) mass is 445 g/mol. The summed E-state index contributed by atoms with van der Waals surface area (Å²) < 4.78 is 31.9. The molecule has 0 radical (unpaired) electrons. The van der Waals surface area contributed by atoms with E-state index in [0.717, 1.165) is 24.3 Å². The Balaban J connectivity index is 2.49. The van der Waals surface area contributed by atoms with Gasteiger partial charge in [-0.3, -0.25) is 15.0 Å². The average molecular weight is 446 g/mol. The summed E-state index contributed by atoms with van der Waals surface area (Å²) in [5.41, 5.74) is 2.67. The van der Waals surface area contributed by atoms with E-state index in [4.69, 9.17) is 4.74 Å². The molecule has 0 aliphatic carbocycles. The fourth-order valence-corrected chi connectivity index (χ4v) is 3.05. The Hall–Kier alpha value is -2.36. The first-order valence-corrected chi connectivity index (χ1v) is 9.19. The zero-order valence-corrected chi connectivity index (χ0v) is 16.3. The second kappa shape index (κ2) is 9.03. The number of hydrogen-bond acceptors (Lipinski definition) is 4. The van der Waals surface area contributed by atoms with Crippen LogP contribution in [-0.4, -0.2) is 41.1 Å². The Morgan fingerprint density at radius 3 is 2.63 bits per heavy atom. The molecule has 1 aliphatic rings. The van der Waals surface area contributed by atoms with Crippen molar-refractivity contribution in [3.05, 3.63) is 35.4 Å². The summed E-state index contributed by atoms with van der Waals surface area (Å²) >= 11 is 3.20. The van der Waals surface area contributed by atoms with Gasteiger partial charge in [0.05, 0.1) is 13.2 Å². The molecule has 0 fully saturated rings. The van der Waals surface area contributed by atoms with Gasteiger partial charge >= 0.3 is 12.0 Å². The summed E-state index contributed by atoms with van der Waals surface area (Å²) in [6.07, 6.45) is 0.636. The Morgan fingerprint density at radius 2 is 2.04 bits per heavy atom. The van der Waals surface area contributed by atoms with Crippen LogP contribution in [-0.2, 0) is 14.3 Å². The highest BCUT2D eigenvalue weighted by Gasteiger charge is 2.44. The molecular formula is C17H18BrF2N3O4. The SMILES string of the molecule is COC(=O)C1C(C)=NC(=O)N(NC(=O)CCCBr)C1c1ccc(F)c(F)c1. The Kier molecular flexibility index (Phi) is 7.00. The molecule has 27 heavy (non-hydrogen) atoms. The van der Waals surface area contributed by atoms with E-state index in [0.29, 0.717) is 11.8 Å². The molecule has 7 nitrogen and oxygen atoms in total. The van der Waals surface area contributed by atoms with E-state index < -0.39 is 41.5 Å². The number of benzene rings is 1. The summed E-state index contributed by atoms with van der Waals surface area (Å²) in [5.74, 6) is -4.51. The molecular weight excluding hydrogens is 428 g/mol. The highest BCUT2D eigenvalue weighted by molar-refractivity contribution is 9.09. The van der Waals surface area contributed by atoms with Gasteiger partial charge in [0, 0.05) is 17.5 Å². The van der Waals surface area contributed by atoms with Crippen molar-refractivity contribution in [2.45, 2.75) is 25.8 Å². The molecule has 3 amide bonds. The number of carbonyl (C=O) groups excluding carboxylic acids is 3. The van der Waals surface area contributed by atoms with Crippen molar-refractivity contribution in [1.29, 1.82) is 0 Å². The molecule has 0 spiro atoms. The number of alkyl halides is 1. The quantitative estimate of drug-likeness (QED) is 0.538. The van der Waals surface area contributed by atoms with Gasteiger partial charge in [-0.05, 0) is 31.0 Å². The number of hydrogen-bond donors (Lipinski definition) is 1. The minimum absolute atomic E-state index is 0.116. The molecule has 10 heteroatoms. The Morgan fingerprint density at radius 1 is 1.33 bits per heavy atom. The van der Waals surface area contributed by atoms with E-state index in [1.807, 2.05) is 0 Å². The predicted molar refractivity (Wildman–Crippen MR) is 96.1 cm³/mol. The minimum Gasteiger partial charge on any atom is -0.468 e. The number of esters is 1. The molecule has 2 atom stereocenters. The third kappa shape index (κ3) is 4.68. The van der Waals surface area contributed by atoms with Crippen LogP contribution in [0.5, 0.6) is 0 Å². The minimum atomic E-state index is -1.14. The van der Waals surface area contributed by atoms with Crippen molar-refractivity contribution in [3.8, 4) is 0 Å². The van der Waals surface area contributed by atoms with Crippen LogP contribution in [0.4, 0.5) is 13.6 Å². The van der Waals surface area contributed by atoms with Crippen molar-refractivity contribution < 1.29 is 27.9 Å². The molecule has 1 N–H and O–H groups in total. The van der Waals surface area contributed by atoms with E-state index in [9.17, 15) is 23.2 Å². The molecule has 1 aromatic rings. The van der Waals surface area contributed by atoms with Crippen LogP contribution in [0.25, 0.3) is 0 Å². The van der Waals surface area contributed by atoms with Crippen LogP contribution in [0.2, 0.25) is 0 Å². The van der Waals surface area contributed by atoms with E-state index in [2.05, 4.69) is 26.3 Å². The topological polar surface area (TPSA) is 88.1 Å². The van der Waals surface area contributed by atoms with Crippen LogP contribution in [0.1, 0.15) is 31.4 Å². The zero-order chi connectivity index (χ0) is 20.1. The lowest BCUT2D eigenvalue weighted by Gasteiger charge is -2.38. The maximum atomic E-state index is 13.8. The molecule has 1 heterocycles. The third-order valence-corrected chi connectivity index (χ3v) is 4.61. The largest absolute Gasteiger partial charge is 0.468 e. The second-order valence-corrected chi connectivity index (χ2v) is 6.65. The summed E-state index contributed by atoms with van der Waals surface area (Å²) in [6.45, 7) is 1.45. The first-order valence-electron chi connectivity index (χ1n) is 8.06. The summed E-state index contributed by atoms with van der Waals surface area (Å²) in [5, 5.41) is 1.45. The van der Waals surface area contributed by atoms with Crippen molar-refractivity contribution >= 4 is 39.5 Å². The van der Waals surface area contributed by atoms with Gasteiger partial charge in [0.1, 0.15) is 5.92 Å². The molecule has 0 saturated heterocycles. The molecule has 2 unspecified atom stereocenters. The molecule has 0 aromatic heterocycles. The van der Waals surface area contributed by atoms with Crippen molar-refractivity contribution in [2.24, 2.45) is 10.9 Å². The van der Waals surface area contributed by atoms with Crippen LogP contribution in [0, 0.1) is 17.6 Å². The maximum absolute atomic E-state index is 13.8. The Bertz CT molecular complexity index is 787. The maximum Gasteiger partial charge on any atom is 0.362 e. The summed E-state index contributed by atoms with van der Waals surface area (Å²) in [7, 11) is 1.16. The first kappa shape index (κ1) is 20.9. The lowest BCUT2D eigenvalue weighted by Crippen LogP contribution is -2.54.